The van der Waals surface area contributed by atoms with E-state index in [-0.39, 0.29) is 28.8 Å². The molecule has 180 valence electrons. The van der Waals surface area contributed by atoms with Crippen LogP contribution in [0, 0.1) is 0 Å². The Labute approximate surface area is 203 Å². The summed E-state index contributed by atoms with van der Waals surface area (Å²) in [5.74, 6) is -0.369. The van der Waals surface area contributed by atoms with E-state index in [1.807, 2.05) is 38.1 Å². The van der Waals surface area contributed by atoms with Gasteiger partial charge in [0, 0.05) is 0 Å². The van der Waals surface area contributed by atoms with Gasteiger partial charge in [-0.15, -0.1) is 0 Å². The van der Waals surface area contributed by atoms with Gasteiger partial charge < -0.3 is 5.32 Å². The van der Waals surface area contributed by atoms with Crippen LogP contribution in [-0.4, -0.2) is 20.9 Å². The number of rotatable bonds is 8. The normalized spacial score (nSPS) is 12.7. The molecule has 0 aliphatic carbocycles. The van der Waals surface area contributed by atoms with Crippen LogP contribution >= 0.6 is 0 Å². The molecule has 0 aliphatic rings. The summed E-state index contributed by atoms with van der Waals surface area (Å²) in [6, 6.07) is 23.4. The standard InChI is InChI=1S/C28H34N2O3S/c1-6-22-12-18-25(19-13-22)30(34(32,33)26-10-8-7-9-11-26)20-27(31)29-21(2)23-14-16-24(17-15-23)28(3,4)5/h7-19,21H,6,20H2,1-5H3,(H,29,31)/t21-/m0/s1. The molecule has 0 bridgehead atoms. The van der Waals surface area contributed by atoms with Crippen molar-refractivity contribution < 1.29 is 13.2 Å². The Morgan fingerprint density at radius 1 is 0.912 bits per heavy atom. The Kier molecular flexibility index (Phi) is 7.82. The number of amides is 1. The zero-order chi connectivity index (χ0) is 24.9. The quantitative estimate of drug-likeness (QED) is 0.457. The van der Waals surface area contributed by atoms with Gasteiger partial charge in [0.1, 0.15) is 6.54 Å². The van der Waals surface area contributed by atoms with Crippen LogP contribution in [-0.2, 0) is 26.7 Å². The first-order valence-electron chi connectivity index (χ1n) is 11.6. The Bertz CT molecular complexity index is 1200. The highest BCUT2D eigenvalue weighted by molar-refractivity contribution is 7.92. The number of sulfonamides is 1. The number of hydrogen-bond acceptors (Lipinski definition) is 3. The van der Waals surface area contributed by atoms with Crippen molar-refractivity contribution >= 4 is 21.6 Å². The maximum absolute atomic E-state index is 13.5. The van der Waals surface area contributed by atoms with Crippen molar-refractivity contribution in [3.63, 3.8) is 0 Å². The molecule has 3 aromatic carbocycles. The molecule has 1 N–H and O–H groups in total. The maximum atomic E-state index is 13.5. The third kappa shape index (κ3) is 6.06. The lowest BCUT2D eigenvalue weighted by molar-refractivity contribution is -0.120. The van der Waals surface area contributed by atoms with Crippen molar-refractivity contribution in [3.8, 4) is 0 Å². The van der Waals surface area contributed by atoms with Gasteiger partial charge >= 0.3 is 0 Å². The molecule has 5 nitrogen and oxygen atoms in total. The van der Waals surface area contributed by atoms with E-state index in [0.717, 1.165) is 17.5 Å². The number of nitrogens with one attached hydrogen (secondary N) is 1. The van der Waals surface area contributed by atoms with Crippen LogP contribution in [0.3, 0.4) is 0 Å². The first-order chi connectivity index (χ1) is 16.0. The molecule has 0 fully saturated rings. The Morgan fingerprint density at radius 3 is 2.03 bits per heavy atom. The van der Waals surface area contributed by atoms with E-state index in [2.05, 4.69) is 38.2 Å². The number of aryl methyl sites for hydroxylation is 1. The predicted octanol–water partition coefficient (Wildman–Crippen LogP) is 5.62. The minimum atomic E-state index is -3.92. The monoisotopic (exact) mass is 478 g/mol. The average Bonchev–Trinajstić information content (AvgIpc) is 2.82. The van der Waals surface area contributed by atoms with Gasteiger partial charge in [0.05, 0.1) is 16.6 Å². The molecule has 0 radical (unpaired) electrons. The molecular weight excluding hydrogens is 444 g/mol. The molecule has 0 heterocycles. The molecule has 0 aliphatic heterocycles. The van der Waals surface area contributed by atoms with Gasteiger partial charge in [0.25, 0.3) is 10.0 Å². The molecule has 0 spiro atoms. The second kappa shape index (κ2) is 10.4. The fourth-order valence-corrected chi connectivity index (χ4v) is 5.15. The lowest BCUT2D eigenvalue weighted by Gasteiger charge is -2.25. The molecule has 3 aromatic rings. The summed E-state index contributed by atoms with van der Waals surface area (Å²) in [7, 11) is -3.92. The molecule has 0 saturated heterocycles. The maximum Gasteiger partial charge on any atom is 0.264 e. The highest BCUT2D eigenvalue weighted by Gasteiger charge is 2.27. The minimum Gasteiger partial charge on any atom is -0.348 e. The van der Waals surface area contributed by atoms with Crippen LogP contribution in [0.5, 0.6) is 0 Å². The average molecular weight is 479 g/mol. The van der Waals surface area contributed by atoms with E-state index in [0.29, 0.717) is 5.69 Å². The number of carbonyl (C=O) groups is 1. The van der Waals surface area contributed by atoms with Crippen LogP contribution in [0.25, 0.3) is 0 Å². The number of anilines is 1. The van der Waals surface area contributed by atoms with Gasteiger partial charge in [-0.1, -0.05) is 82.3 Å². The molecular formula is C28H34N2O3S. The second-order valence-corrected chi connectivity index (χ2v) is 11.4. The highest BCUT2D eigenvalue weighted by atomic mass is 32.2. The minimum absolute atomic E-state index is 0.0463. The van der Waals surface area contributed by atoms with Gasteiger partial charge in [0.15, 0.2) is 0 Å². The SMILES string of the molecule is CCc1ccc(N(CC(=O)N[C@@H](C)c2ccc(C(C)(C)C)cc2)S(=O)(=O)c2ccccc2)cc1. The van der Waals surface area contributed by atoms with Crippen molar-refractivity contribution in [1.29, 1.82) is 0 Å². The van der Waals surface area contributed by atoms with E-state index in [1.165, 1.54) is 9.87 Å². The van der Waals surface area contributed by atoms with E-state index in [9.17, 15) is 13.2 Å². The van der Waals surface area contributed by atoms with Crippen LogP contribution in [0.2, 0.25) is 0 Å². The van der Waals surface area contributed by atoms with Crippen molar-refractivity contribution in [1.82, 2.24) is 5.32 Å². The molecule has 1 amide bonds. The molecule has 0 aromatic heterocycles. The van der Waals surface area contributed by atoms with Crippen LogP contribution in [0.4, 0.5) is 5.69 Å². The van der Waals surface area contributed by atoms with Crippen molar-refractivity contribution in [2.24, 2.45) is 0 Å². The van der Waals surface area contributed by atoms with E-state index >= 15 is 0 Å². The van der Waals surface area contributed by atoms with E-state index in [4.69, 9.17) is 0 Å². The number of carbonyl (C=O) groups excluding carboxylic acids is 1. The van der Waals surface area contributed by atoms with Crippen LogP contribution in [0.1, 0.15) is 57.4 Å². The van der Waals surface area contributed by atoms with Crippen LogP contribution in [0.15, 0.2) is 83.8 Å². The Morgan fingerprint density at radius 2 is 1.50 bits per heavy atom. The molecule has 0 saturated carbocycles. The van der Waals surface area contributed by atoms with Gasteiger partial charge in [0.2, 0.25) is 5.91 Å². The molecule has 0 unspecified atom stereocenters. The summed E-state index contributed by atoms with van der Waals surface area (Å²) in [5, 5.41) is 2.96. The van der Waals surface area contributed by atoms with Crippen molar-refractivity contribution in [2.75, 3.05) is 10.8 Å². The summed E-state index contributed by atoms with van der Waals surface area (Å²) in [6.07, 6.45) is 0.845. The Hall–Kier alpha value is -3.12. The largest absolute Gasteiger partial charge is 0.348 e. The summed E-state index contributed by atoms with van der Waals surface area (Å²) in [4.78, 5) is 13.2. The van der Waals surface area contributed by atoms with Gasteiger partial charge in [-0.2, -0.15) is 0 Å². The highest BCUT2D eigenvalue weighted by Crippen LogP contribution is 2.26. The van der Waals surface area contributed by atoms with Gasteiger partial charge in [-0.3, -0.25) is 9.10 Å². The fraction of sp³-hybridized carbons (Fsp3) is 0.321. The topological polar surface area (TPSA) is 66.5 Å². The summed E-state index contributed by atoms with van der Waals surface area (Å²) >= 11 is 0. The fourth-order valence-electron chi connectivity index (χ4n) is 3.71. The zero-order valence-electron chi connectivity index (χ0n) is 20.6. The number of benzene rings is 3. The zero-order valence-corrected chi connectivity index (χ0v) is 21.4. The first-order valence-corrected chi connectivity index (χ1v) is 13.0. The molecule has 34 heavy (non-hydrogen) atoms. The van der Waals surface area contributed by atoms with Crippen LogP contribution < -0.4 is 9.62 Å². The van der Waals surface area contributed by atoms with E-state index < -0.39 is 10.0 Å². The lowest BCUT2D eigenvalue weighted by Crippen LogP contribution is -2.41. The first kappa shape index (κ1) is 25.5. The van der Waals surface area contributed by atoms with E-state index in [1.54, 1.807) is 42.5 Å². The third-order valence-electron chi connectivity index (χ3n) is 5.91. The lowest BCUT2D eigenvalue weighted by atomic mass is 9.86. The smallest absolute Gasteiger partial charge is 0.264 e. The van der Waals surface area contributed by atoms with Gasteiger partial charge in [-0.25, -0.2) is 8.42 Å². The summed E-state index contributed by atoms with van der Waals surface area (Å²) < 4.78 is 28.1. The molecule has 3 rings (SSSR count). The number of hydrogen-bond donors (Lipinski definition) is 1. The molecule has 6 heteroatoms. The number of nitrogens with zero attached hydrogens (tertiary/aromatic N) is 1. The summed E-state index contributed by atoms with van der Waals surface area (Å²) in [6.45, 7) is 10.1. The second-order valence-electron chi connectivity index (χ2n) is 9.51. The Balaban J connectivity index is 1.83. The third-order valence-corrected chi connectivity index (χ3v) is 7.69. The predicted molar refractivity (Wildman–Crippen MR) is 138 cm³/mol. The molecule has 1 atom stereocenters. The van der Waals surface area contributed by atoms with Crippen molar-refractivity contribution in [3.05, 3.63) is 95.6 Å². The summed E-state index contributed by atoms with van der Waals surface area (Å²) in [5.41, 5.74) is 3.78. The van der Waals surface area contributed by atoms with Gasteiger partial charge in [-0.05, 0) is 59.7 Å². The van der Waals surface area contributed by atoms with Crippen molar-refractivity contribution in [2.45, 2.75) is 57.4 Å².